The van der Waals surface area contributed by atoms with Gasteiger partial charge in [0.1, 0.15) is 0 Å². The van der Waals surface area contributed by atoms with Gasteiger partial charge in [0, 0.05) is 24.6 Å². The van der Waals surface area contributed by atoms with Crippen molar-refractivity contribution < 1.29 is 4.79 Å². The van der Waals surface area contributed by atoms with E-state index in [1.165, 1.54) is 5.69 Å². The molecule has 0 bridgehead atoms. The van der Waals surface area contributed by atoms with Crippen LogP contribution in [0.5, 0.6) is 0 Å². The fraction of sp³-hybridized carbons (Fsp3) is 0.333. The Balaban J connectivity index is 1.76. The molecule has 2 aromatic heterocycles. The molecule has 2 rings (SSSR count). The van der Waals surface area contributed by atoms with Crippen molar-refractivity contribution in [1.29, 1.82) is 0 Å². The summed E-state index contributed by atoms with van der Waals surface area (Å²) in [6.45, 7) is 2.99. The second kappa shape index (κ2) is 5.39. The Kier molecular flexibility index (Phi) is 3.66. The summed E-state index contributed by atoms with van der Waals surface area (Å²) in [6.07, 6.45) is 1.65. The number of hydrogen-bond acceptors (Lipinski definition) is 2. The van der Waals surface area contributed by atoms with Gasteiger partial charge in [-0.1, -0.05) is 0 Å². The smallest absolute Gasteiger partial charge is 0.315 e. The molecule has 0 saturated heterocycles. The van der Waals surface area contributed by atoms with Crippen LogP contribution < -0.4 is 10.6 Å². The van der Waals surface area contributed by atoms with E-state index in [1.807, 2.05) is 32.2 Å². The molecule has 2 heterocycles. The lowest BCUT2D eigenvalue weighted by molar-refractivity contribution is 0.240. The first-order valence-electron chi connectivity index (χ1n) is 5.78. The highest BCUT2D eigenvalue weighted by Crippen LogP contribution is 2.04. The molecule has 6 heteroatoms. The number of H-pyrrole nitrogens is 1. The largest absolute Gasteiger partial charge is 0.350 e. The fourth-order valence-electron chi connectivity index (χ4n) is 1.64. The van der Waals surface area contributed by atoms with Crippen molar-refractivity contribution >= 4 is 6.03 Å². The van der Waals surface area contributed by atoms with Crippen LogP contribution in [0.1, 0.15) is 17.1 Å². The maximum Gasteiger partial charge on any atom is 0.315 e. The van der Waals surface area contributed by atoms with Crippen molar-refractivity contribution in [2.75, 3.05) is 0 Å². The van der Waals surface area contributed by atoms with Gasteiger partial charge in [0.2, 0.25) is 0 Å². The van der Waals surface area contributed by atoms with E-state index in [-0.39, 0.29) is 6.03 Å². The summed E-state index contributed by atoms with van der Waals surface area (Å²) in [6, 6.07) is 5.66. The lowest BCUT2D eigenvalue weighted by Crippen LogP contribution is -2.35. The first kappa shape index (κ1) is 12.2. The van der Waals surface area contributed by atoms with Crippen LogP contribution >= 0.6 is 0 Å². The molecule has 0 spiro atoms. The van der Waals surface area contributed by atoms with Gasteiger partial charge < -0.3 is 15.2 Å². The SMILES string of the molecule is Cc1ccc(CNC(=O)NCc2ccn[nH]2)n1C. The number of hydrogen-bond donors (Lipinski definition) is 3. The Bertz CT molecular complexity index is 515. The van der Waals surface area contributed by atoms with Crippen molar-refractivity contribution in [3.8, 4) is 0 Å². The zero-order valence-electron chi connectivity index (χ0n) is 10.5. The molecule has 0 atom stereocenters. The zero-order chi connectivity index (χ0) is 13.0. The number of carbonyl (C=O) groups excluding carboxylic acids is 1. The number of aryl methyl sites for hydroxylation is 1. The Labute approximate surface area is 105 Å². The quantitative estimate of drug-likeness (QED) is 0.755. The standard InChI is InChI=1S/C12H17N5O/c1-9-3-4-11(17(9)2)8-14-12(18)13-7-10-5-6-15-16-10/h3-6H,7-8H2,1-2H3,(H,15,16)(H2,13,14,18). The van der Waals surface area contributed by atoms with Crippen LogP contribution in [0.4, 0.5) is 4.79 Å². The van der Waals surface area contributed by atoms with Crippen molar-refractivity contribution in [3.63, 3.8) is 0 Å². The molecule has 0 aliphatic rings. The molecule has 0 aliphatic carbocycles. The van der Waals surface area contributed by atoms with Gasteiger partial charge in [-0.05, 0) is 25.1 Å². The molecule has 0 saturated carbocycles. The lowest BCUT2D eigenvalue weighted by atomic mass is 10.4. The summed E-state index contributed by atoms with van der Waals surface area (Å²) < 4.78 is 2.05. The first-order chi connectivity index (χ1) is 8.66. The second-order valence-electron chi connectivity index (χ2n) is 4.14. The molecule has 2 aromatic rings. The minimum Gasteiger partial charge on any atom is -0.350 e. The molecule has 0 unspecified atom stereocenters. The normalized spacial score (nSPS) is 10.3. The Morgan fingerprint density at radius 3 is 2.72 bits per heavy atom. The van der Waals surface area contributed by atoms with E-state index in [0.717, 1.165) is 11.4 Å². The molecular weight excluding hydrogens is 230 g/mol. The molecule has 0 radical (unpaired) electrons. The first-order valence-corrected chi connectivity index (χ1v) is 5.78. The second-order valence-corrected chi connectivity index (χ2v) is 4.14. The number of aromatic nitrogens is 3. The maximum absolute atomic E-state index is 11.6. The highest BCUT2D eigenvalue weighted by molar-refractivity contribution is 5.73. The van der Waals surface area contributed by atoms with Gasteiger partial charge in [0.05, 0.1) is 18.8 Å². The van der Waals surface area contributed by atoms with Crippen molar-refractivity contribution in [3.05, 3.63) is 41.5 Å². The summed E-state index contributed by atoms with van der Waals surface area (Å²) in [7, 11) is 1.98. The lowest BCUT2D eigenvalue weighted by Gasteiger charge is -2.08. The van der Waals surface area contributed by atoms with Crippen molar-refractivity contribution in [1.82, 2.24) is 25.4 Å². The van der Waals surface area contributed by atoms with Crippen LogP contribution in [0.15, 0.2) is 24.4 Å². The molecule has 6 nitrogen and oxygen atoms in total. The third-order valence-electron chi connectivity index (χ3n) is 2.90. The summed E-state index contributed by atoms with van der Waals surface area (Å²) in [5.74, 6) is 0. The van der Waals surface area contributed by atoms with E-state index >= 15 is 0 Å². The predicted octanol–water partition coefficient (Wildman–Crippen LogP) is 1.06. The highest BCUT2D eigenvalue weighted by Gasteiger charge is 2.04. The zero-order valence-corrected chi connectivity index (χ0v) is 10.5. The number of urea groups is 1. The monoisotopic (exact) mass is 247 g/mol. The van der Waals surface area contributed by atoms with E-state index in [0.29, 0.717) is 13.1 Å². The van der Waals surface area contributed by atoms with Crippen LogP contribution in [-0.2, 0) is 20.1 Å². The third-order valence-corrected chi connectivity index (χ3v) is 2.90. The van der Waals surface area contributed by atoms with Crippen molar-refractivity contribution in [2.24, 2.45) is 7.05 Å². The number of rotatable bonds is 4. The Hall–Kier alpha value is -2.24. The Morgan fingerprint density at radius 2 is 2.11 bits per heavy atom. The summed E-state index contributed by atoms with van der Waals surface area (Å²) in [5, 5.41) is 12.2. The van der Waals surface area contributed by atoms with E-state index in [2.05, 4.69) is 25.4 Å². The van der Waals surface area contributed by atoms with Crippen LogP contribution in [0, 0.1) is 6.92 Å². The van der Waals surface area contributed by atoms with Gasteiger partial charge in [0.15, 0.2) is 0 Å². The Morgan fingerprint density at radius 1 is 1.33 bits per heavy atom. The topological polar surface area (TPSA) is 74.7 Å². The molecule has 96 valence electrons. The van der Waals surface area contributed by atoms with E-state index < -0.39 is 0 Å². The van der Waals surface area contributed by atoms with Gasteiger partial charge in [-0.15, -0.1) is 0 Å². The molecule has 0 aromatic carbocycles. The maximum atomic E-state index is 11.6. The van der Waals surface area contributed by atoms with Gasteiger partial charge in [0.25, 0.3) is 0 Å². The molecule has 2 amide bonds. The number of nitrogens with zero attached hydrogens (tertiary/aromatic N) is 2. The fourth-order valence-corrected chi connectivity index (χ4v) is 1.64. The van der Waals surface area contributed by atoms with E-state index in [1.54, 1.807) is 6.20 Å². The number of aromatic amines is 1. The third kappa shape index (κ3) is 2.91. The van der Waals surface area contributed by atoms with Crippen molar-refractivity contribution in [2.45, 2.75) is 20.0 Å². The van der Waals surface area contributed by atoms with Gasteiger partial charge >= 0.3 is 6.03 Å². The summed E-state index contributed by atoms with van der Waals surface area (Å²) in [5.41, 5.74) is 3.12. The van der Waals surface area contributed by atoms with Gasteiger partial charge in [-0.3, -0.25) is 5.10 Å². The molecule has 0 fully saturated rings. The predicted molar refractivity (Wildman–Crippen MR) is 67.8 cm³/mol. The van der Waals surface area contributed by atoms with Crippen LogP contribution in [0.2, 0.25) is 0 Å². The van der Waals surface area contributed by atoms with Crippen LogP contribution in [0.25, 0.3) is 0 Å². The van der Waals surface area contributed by atoms with Gasteiger partial charge in [-0.2, -0.15) is 5.10 Å². The van der Waals surface area contributed by atoms with Crippen LogP contribution in [-0.4, -0.2) is 20.8 Å². The number of carbonyl (C=O) groups is 1. The van der Waals surface area contributed by atoms with E-state index in [4.69, 9.17) is 0 Å². The van der Waals surface area contributed by atoms with Gasteiger partial charge in [-0.25, -0.2) is 4.79 Å². The minimum atomic E-state index is -0.191. The van der Waals surface area contributed by atoms with Crippen LogP contribution in [0.3, 0.4) is 0 Å². The summed E-state index contributed by atoms with van der Waals surface area (Å²) >= 11 is 0. The molecule has 0 aliphatic heterocycles. The average Bonchev–Trinajstić information content (AvgIpc) is 2.97. The highest BCUT2D eigenvalue weighted by atomic mass is 16.2. The minimum absolute atomic E-state index is 0.191. The average molecular weight is 247 g/mol. The molecular formula is C12H17N5O. The summed E-state index contributed by atoms with van der Waals surface area (Å²) in [4.78, 5) is 11.6. The molecule has 3 N–H and O–H groups in total. The molecule has 18 heavy (non-hydrogen) atoms. The number of amides is 2. The van der Waals surface area contributed by atoms with E-state index in [9.17, 15) is 4.79 Å². The number of nitrogens with one attached hydrogen (secondary N) is 3.